The van der Waals surface area contributed by atoms with Crippen LogP contribution in [0.25, 0.3) is 0 Å². The van der Waals surface area contributed by atoms with Crippen LogP contribution in [0, 0.1) is 0 Å². The van der Waals surface area contributed by atoms with E-state index in [1.807, 2.05) is 0 Å². The SMILES string of the molecule is CC/C=C\C/C=C\C/C=C\C/C=C\C/C=C\CCCC(=O)OCC(COC(=O)CCCCCCCCCCCCCCC)OC(=O)CCCCCCCCC/C=C\CCCCCCCC. The average Bonchev–Trinajstić information content (AvgIpc) is 3.30. The van der Waals surface area contributed by atoms with Gasteiger partial charge < -0.3 is 14.2 Å². The van der Waals surface area contributed by atoms with Gasteiger partial charge in [-0.2, -0.15) is 0 Å². The highest BCUT2D eigenvalue weighted by Gasteiger charge is 2.19. The topological polar surface area (TPSA) is 78.9 Å². The number of rotatable bonds is 49. The maximum atomic E-state index is 12.8. The molecule has 1 unspecified atom stereocenters. The highest BCUT2D eigenvalue weighted by atomic mass is 16.6. The van der Waals surface area contributed by atoms with Crippen molar-refractivity contribution in [3.05, 3.63) is 72.9 Å². The Balaban J connectivity index is 4.46. The van der Waals surface area contributed by atoms with E-state index in [0.717, 1.165) is 77.0 Å². The van der Waals surface area contributed by atoms with Crippen molar-refractivity contribution in [1.82, 2.24) is 0 Å². The van der Waals surface area contributed by atoms with Crippen LogP contribution < -0.4 is 0 Å². The van der Waals surface area contributed by atoms with Crippen molar-refractivity contribution < 1.29 is 28.6 Å². The maximum absolute atomic E-state index is 12.8. The van der Waals surface area contributed by atoms with E-state index in [2.05, 4.69) is 93.7 Å². The van der Waals surface area contributed by atoms with E-state index in [0.29, 0.717) is 19.3 Å². The van der Waals surface area contributed by atoms with Gasteiger partial charge in [-0.25, -0.2) is 0 Å². The van der Waals surface area contributed by atoms with Gasteiger partial charge in [0.25, 0.3) is 0 Å². The Labute approximate surface area is 402 Å². The molecule has 0 aliphatic rings. The summed E-state index contributed by atoms with van der Waals surface area (Å²) in [7, 11) is 0. The van der Waals surface area contributed by atoms with Crippen LogP contribution in [0.5, 0.6) is 0 Å². The Morgan fingerprint density at radius 1 is 0.323 bits per heavy atom. The van der Waals surface area contributed by atoms with Crippen LogP contribution in [-0.4, -0.2) is 37.2 Å². The molecule has 0 bridgehead atoms. The van der Waals surface area contributed by atoms with Crippen LogP contribution in [0.15, 0.2) is 72.9 Å². The fourth-order valence-electron chi connectivity index (χ4n) is 7.59. The number of unbranched alkanes of at least 4 members (excludes halogenated alkanes) is 26. The Hall–Kier alpha value is -3.15. The van der Waals surface area contributed by atoms with Crippen molar-refractivity contribution >= 4 is 17.9 Å². The number of hydrogen-bond acceptors (Lipinski definition) is 6. The molecule has 0 radical (unpaired) electrons. The van der Waals surface area contributed by atoms with Crippen LogP contribution in [0.4, 0.5) is 0 Å². The first-order valence-electron chi connectivity index (χ1n) is 27.4. The Bertz CT molecular complexity index is 1230. The fraction of sp³-hybridized carbons (Fsp3) is 0.746. The van der Waals surface area contributed by atoms with Gasteiger partial charge in [0.1, 0.15) is 13.2 Å². The van der Waals surface area contributed by atoms with Crippen molar-refractivity contribution in [1.29, 1.82) is 0 Å². The van der Waals surface area contributed by atoms with Crippen molar-refractivity contribution in [2.45, 2.75) is 271 Å². The molecule has 0 N–H and O–H groups in total. The summed E-state index contributed by atoms with van der Waals surface area (Å²) in [6.07, 6.45) is 67.5. The summed E-state index contributed by atoms with van der Waals surface area (Å²) < 4.78 is 16.8. The number of esters is 3. The first kappa shape index (κ1) is 61.9. The molecule has 0 rings (SSSR count). The predicted molar refractivity (Wildman–Crippen MR) is 279 cm³/mol. The molecular formula is C59H102O6. The van der Waals surface area contributed by atoms with Crippen molar-refractivity contribution in [3.8, 4) is 0 Å². The summed E-state index contributed by atoms with van der Waals surface area (Å²) in [6.45, 7) is 6.48. The minimum absolute atomic E-state index is 0.0927. The predicted octanol–water partition coefficient (Wildman–Crippen LogP) is 18.2. The van der Waals surface area contributed by atoms with Gasteiger partial charge in [-0.3, -0.25) is 14.4 Å². The second-order valence-electron chi connectivity index (χ2n) is 18.1. The van der Waals surface area contributed by atoms with Gasteiger partial charge in [-0.05, 0) is 83.5 Å². The second kappa shape index (κ2) is 53.5. The van der Waals surface area contributed by atoms with Gasteiger partial charge in [-0.1, -0.05) is 235 Å². The van der Waals surface area contributed by atoms with E-state index in [1.165, 1.54) is 141 Å². The van der Waals surface area contributed by atoms with Crippen molar-refractivity contribution in [3.63, 3.8) is 0 Å². The molecule has 0 spiro atoms. The van der Waals surface area contributed by atoms with E-state index in [1.54, 1.807) is 0 Å². The lowest BCUT2D eigenvalue weighted by molar-refractivity contribution is -0.167. The normalized spacial score (nSPS) is 12.6. The quantitative estimate of drug-likeness (QED) is 0.0262. The number of carbonyl (C=O) groups excluding carboxylic acids is 3. The molecule has 0 heterocycles. The number of ether oxygens (including phenoxy) is 3. The molecule has 6 heteroatoms. The van der Waals surface area contributed by atoms with Gasteiger partial charge in [0, 0.05) is 19.3 Å². The molecule has 0 fully saturated rings. The minimum atomic E-state index is -0.798. The third kappa shape index (κ3) is 51.7. The molecule has 0 aliphatic carbocycles. The van der Waals surface area contributed by atoms with Gasteiger partial charge in [0.15, 0.2) is 6.10 Å². The van der Waals surface area contributed by atoms with Crippen LogP contribution >= 0.6 is 0 Å². The summed E-state index contributed by atoms with van der Waals surface area (Å²) >= 11 is 0. The molecule has 0 amide bonds. The largest absolute Gasteiger partial charge is 0.462 e. The molecule has 0 aromatic heterocycles. The lowest BCUT2D eigenvalue weighted by Gasteiger charge is -2.18. The zero-order valence-corrected chi connectivity index (χ0v) is 42.7. The number of carbonyl (C=O) groups is 3. The Morgan fingerprint density at radius 3 is 1.02 bits per heavy atom. The molecule has 0 saturated heterocycles. The van der Waals surface area contributed by atoms with Crippen LogP contribution in [0.1, 0.15) is 265 Å². The molecule has 0 aromatic rings. The number of hydrogen-bond donors (Lipinski definition) is 0. The second-order valence-corrected chi connectivity index (χ2v) is 18.1. The lowest BCUT2D eigenvalue weighted by atomic mass is 10.0. The Morgan fingerprint density at radius 2 is 0.615 bits per heavy atom. The van der Waals surface area contributed by atoms with E-state index >= 15 is 0 Å². The van der Waals surface area contributed by atoms with Gasteiger partial charge in [0.05, 0.1) is 0 Å². The zero-order chi connectivity index (χ0) is 47.2. The average molecular weight is 907 g/mol. The summed E-state index contributed by atoms with van der Waals surface area (Å²) in [5.41, 5.74) is 0. The van der Waals surface area contributed by atoms with E-state index in [9.17, 15) is 14.4 Å². The highest BCUT2D eigenvalue weighted by molar-refractivity contribution is 5.71. The smallest absolute Gasteiger partial charge is 0.306 e. The third-order valence-corrected chi connectivity index (χ3v) is 11.7. The Kier molecular flexibility index (Phi) is 50.9. The summed E-state index contributed by atoms with van der Waals surface area (Å²) in [5, 5.41) is 0. The molecule has 1 atom stereocenters. The van der Waals surface area contributed by atoms with Crippen molar-refractivity contribution in [2.24, 2.45) is 0 Å². The van der Waals surface area contributed by atoms with Gasteiger partial charge >= 0.3 is 17.9 Å². The monoisotopic (exact) mass is 907 g/mol. The van der Waals surface area contributed by atoms with E-state index in [4.69, 9.17) is 14.2 Å². The molecule has 0 saturated carbocycles. The first-order chi connectivity index (χ1) is 32.0. The standard InChI is InChI=1S/C59H102O6/c1-4-7-10-13-16-19-22-25-27-29-31-34-37-40-43-46-49-52-58(61)64-55-56(54-63-57(60)51-48-45-42-39-36-33-24-21-18-15-12-9-6-3)65-59(62)53-50-47-44-41-38-35-32-30-28-26-23-20-17-14-11-8-5-2/h7,10,16,19,25-28,31,34,40,43,56H,4-6,8-9,11-15,17-18,20-24,29-30,32-33,35-39,41-42,44-55H2,1-3H3/b10-7-,19-16-,27-25-,28-26-,34-31-,43-40-. The molecule has 0 aliphatic heterocycles. The van der Waals surface area contributed by atoms with E-state index in [-0.39, 0.29) is 37.5 Å². The minimum Gasteiger partial charge on any atom is -0.462 e. The summed E-state index contributed by atoms with van der Waals surface area (Å²) in [6, 6.07) is 0. The zero-order valence-electron chi connectivity index (χ0n) is 42.7. The number of allylic oxidation sites excluding steroid dienone is 12. The lowest BCUT2D eigenvalue weighted by Crippen LogP contribution is -2.30. The summed E-state index contributed by atoms with van der Waals surface area (Å²) in [5.74, 6) is -0.952. The third-order valence-electron chi connectivity index (χ3n) is 11.7. The van der Waals surface area contributed by atoms with Crippen LogP contribution in [-0.2, 0) is 28.6 Å². The summed E-state index contributed by atoms with van der Waals surface area (Å²) in [4.78, 5) is 38.0. The molecule has 6 nitrogen and oxygen atoms in total. The fourth-order valence-corrected chi connectivity index (χ4v) is 7.59. The van der Waals surface area contributed by atoms with E-state index < -0.39 is 6.10 Å². The van der Waals surface area contributed by atoms with Crippen molar-refractivity contribution in [2.75, 3.05) is 13.2 Å². The first-order valence-corrected chi connectivity index (χ1v) is 27.4. The molecule has 0 aromatic carbocycles. The highest BCUT2D eigenvalue weighted by Crippen LogP contribution is 2.15. The van der Waals surface area contributed by atoms with Crippen LogP contribution in [0.3, 0.4) is 0 Å². The maximum Gasteiger partial charge on any atom is 0.306 e. The molecular weight excluding hydrogens is 805 g/mol. The molecule has 65 heavy (non-hydrogen) atoms. The van der Waals surface area contributed by atoms with Crippen LogP contribution in [0.2, 0.25) is 0 Å². The van der Waals surface area contributed by atoms with Gasteiger partial charge in [-0.15, -0.1) is 0 Å². The molecule has 374 valence electrons. The van der Waals surface area contributed by atoms with Gasteiger partial charge in [0.2, 0.25) is 0 Å².